The van der Waals surface area contributed by atoms with E-state index in [1.54, 1.807) is 18.2 Å². The zero-order chi connectivity index (χ0) is 36.9. The number of pyridine rings is 1. The van der Waals surface area contributed by atoms with Crippen LogP contribution in [0.5, 0.6) is 0 Å². The molecule has 3 heterocycles. The molecule has 0 radical (unpaired) electrons. The van der Waals surface area contributed by atoms with Gasteiger partial charge in [-0.25, -0.2) is 4.79 Å². The number of carboxylic acid groups (broad SMARTS) is 1. The second-order valence-corrected chi connectivity index (χ2v) is 14.8. The Morgan fingerprint density at radius 1 is 0.788 bits per heavy atom. The smallest absolute Gasteiger partial charge is 0.403 e. The number of amides is 1. The maximum Gasteiger partial charge on any atom is 0.403 e. The van der Waals surface area contributed by atoms with Gasteiger partial charge in [0.2, 0.25) is 5.91 Å². The highest BCUT2D eigenvalue weighted by molar-refractivity contribution is 6.05. The van der Waals surface area contributed by atoms with E-state index in [-0.39, 0.29) is 6.42 Å². The summed E-state index contributed by atoms with van der Waals surface area (Å²) in [5, 5.41) is 15.7. The van der Waals surface area contributed by atoms with E-state index in [2.05, 4.69) is 16.3 Å². The first kappa shape index (κ1) is 36.1. The maximum absolute atomic E-state index is 14.4. The van der Waals surface area contributed by atoms with Gasteiger partial charge in [0.15, 0.2) is 0 Å². The summed E-state index contributed by atoms with van der Waals surface area (Å²) in [6, 6.07) is 17.2. The van der Waals surface area contributed by atoms with E-state index in [9.17, 15) is 41.0 Å². The van der Waals surface area contributed by atoms with Crippen LogP contribution >= 0.6 is 0 Å². The molecule has 13 heteroatoms. The minimum atomic E-state index is -5.10. The Labute approximate surface area is 297 Å². The molecule has 1 aromatic heterocycles. The molecule has 2 N–H and O–H groups in total. The third kappa shape index (κ3) is 7.21. The molecular formula is C39H40F6N4O3. The molecule has 1 atom stereocenters. The third-order valence-electron chi connectivity index (χ3n) is 11.4. The van der Waals surface area contributed by atoms with Crippen molar-refractivity contribution in [3.63, 3.8) is 0 Å². The molecule has 3 aliphatic rings. The highest BCUT2D eigenvalue weighted by Crippen LogP contribution is 2.52. The van der Waals surface area contributed by atoms with Gasteiger partial charge in [0.1, 0.15) is 11.5 Å². The third-order valence-corrected chi connectivity index (χ3v) is 11.4. The van der Waals surface area contributed by atoms with Crippen LogP contribution in [0.1, 0.15) is 49.7 Å². The van der Waals surface area contributed by atoms with E-state index in [0.717, 1.165) is 57.5 Å². The lowest BCUT2D eigenvalue weighted by Crippen LogP contribution is -2.59. The highest BCUT2D eigenvalue weighted by Gasteiger charge is 2.61. The van der Waals surface area contributed by atoms with E-state index in [4.69, 9.17) is 4.98 Å². The summed E-state index contributed by atoms with van der Waals surface area (Å²) in [5.74, 6) is -3.08. The number of aromatic nitrogens is 1. The quantitative estimate of drug-likeness (QED) is 0.172. The van der Waals surface area contributed by atoms with Crippen LogP contribution in [0.3, 0.4) is 0 Å². The molecule has 7 rings (SSSR count). The second-order valence-electron chi connectivity index (χ2n) is 14.8. The van der Waals surface area contributed by atoms with Crippen LogP contribution in [0.4, 0.5) is 26.3 Å². The van der Waals surface area contributed by atoms with Crippen LogP contribution in [0.25, 0.3) is 32.8 Å². The fourth-order valence-electron chi connectivity index (χ4n) is 8.32. The molecule has 2 saturated heterocycles. The molecule has 4 aromatic rings. The molecule has 1 amide bonds. The first-order valence-corrected chi connectivity index (χ1v) is 17.7. The number of hydrogen-bond donors (Lipinski definition) is 2. The van der Waals surface area contributed by atoms with Gasteiger partial charge in [-0.1, -0.05) is 60.7 Å². The van der Waals surface area contributed by atoms with Crippen molar-refractivity contribution in [3.05, 3.63) is 78.0 Å². The predicted molar refractivity (Wildman–Crippen MR) is 184 cm³/mol. The number of hydrogen-bond acceptors (Lipinski definition) is 5. The van der Waals surface area contributed by atoms with Gasteiger partial charge in [-0.15, -0.1) is 0 Å². The first-order chi connectivity index (χ1) is 24.7. The number of benzene rings is 3. The normalized spacial score (nSPS) is 19.9. The van der Waals surface area contributed by atoms with Gasteiger partial charge in [0, 0.05) is 36.7 Å². The average molecular weight is 727 g/mol. The maximum atomic E-state index is 14.4. The van der Waals surface area contributed by atoms with Crippen molar-refractivity contribution in [1.82, 2.24) is 20.1 Å². The number of carbonyl (C=O) groups excluding carboxylic acids is 1. The van der Waals surface area contributed by atoms with E-state index >= 15 is 0 Å². The number of aliphatic carboxylic acids is 1. The standard InChI is InChI=1S/C39H40F6N4O3/c40-38(41,42)24-48-18-15-37(16-19-48,39(43,44)45)35(52)47-32(34(50)51)20-25-6-3-10-29-27(25)9-4-11-31(29)33-30-8-2-1-7-28(30)26(21-46-33)22-49-17-5-12-36(23-49)13-14-36/h1-4,6-11,21,32H,5,12-20,22-24H2,(H,47,52)(H,50,51)/t32-/m0/s1. The minimum absolute atomic E-state index is 0.319. The van der Waals surface area contributed by atoms with Crippen molar-refractivity contribution in [2.75, 3.05) is 32.7 Å². The summed E-state index contributed by atoms with van der Waals surface area (Å²) in [6.45, 7) is 0.346. The van der Waals surface area contributed by atoms with E-state index in [1.165, 1.54) is 25.7 Å². The first-order valence-electron chi connectivity index (χ1n) is 17.7. The van der Waals surface area contributed by atoms with Gasteiger partial charge < -0.3 is 10.4 Å². The molecule has 3 fully saturated rings. The minimum Gasteiger partial charge on any atom is -0.480 e. The monoisotopic (exact) mass is 726 g/mol. The van der Waals surface area contributed by atoms with Gasteiger partial charge in [-0.2, -0.15) is 26.3 Å². The number of piperidine rings is 2. The Bertz CT molecular complexity index is 1980. The number of nitrogens with one attached hydrogen (secondary N) is 1. The molecule has 3 aromatic carbocycles. The van der Waals surface area contributed by atoms with E-state index in [0.29, 0.717) is 16.4 Å². The lowest BCUT2D eigenvalue weighted by molar-refractivity contribution is -0.236. The Morgan fingerprint density at radius 3 is 2.12 bits per heavy atom. The van der Waals surface area contributed by atoms with Crippen LogP contribution in [-0.4, -0.2) is 82.9 Å². The van der Waals surface area contributed by atoms with Gasteiger partial charge in [-0.05, 0) is 90.9 Å². The molecule has 1 aliphatic carbocycles. The summed E-state index contributed by atoms with van der Waals surface area (Å²) in [5.41, 5.74) is 0.651. The van der Waals surface area contributed by atoms with Crippen LogP contribution in [0, 0.1) is 10.8 Å². The molecule has 1 spiro atoms. The molecule has 2 aliphatic heterocycles. The number of carboxylic acids is 1. The molecule has 7 nitrogen and oxygen atoms in total. The lowest BCUT2D eigenvalue weighted by atomic mass is 9.76. The molecule has 0 unspecified atom stereocenters. The summed E-state index contributed by atoms with van der Waals surface area (Å²) < 4.78 is 82.0. The molecule has 1 saturated carbocycles. The van der Waals surface area contributed by atoms with Crippen molar-refractivity contribution in [3.8, 4) is 11.3 Å². The fourth-order valence-corrected chi connectivity index (χ4v) is 8.32. The molecular weight excluding hydrogens is 686 g/mol. The number of nitrogens with zero attached hydrogens (tertiary/aromatic N) is 3. The zero-order valence-corrected chi connectivity index (χ0v) is 28.5. The Balaban J connectivity index is 1.15. The number of alkyl halides is 6. The van der Waals surface area contributed by atoms with E-state index in [1.807, 2.05) is 42.6 Å². The topological polar surface area (TPSA) is 85.8 Å². The Hall–Kier alpha value is -4.23. The van der Waals surface area contributed by atoms with Crippen LogP contribution < -0.4 is 5.32 Å². The lowest BCUT2D eigenvalue weighted by Gasteiger charge is -2.42. The largest absolute Gasteiger partial charge is 0.480 e. The SMILES string of the molecule is O=C(O)[C@H](Cc1cccc2c(-c3ncc(CN4CCCC5(CC5)C4)c4ccccc34)cccc12)NC(=O)C1(C(F)(F)F)CCN(CC(F)(F)F)CC1. The average Bonchev–Trinajstić information content (AvgIpc) is 3.84. The number of carbonyl (C=O) groups is 2. The summed E-state index contributed by atoms with van der Waals surface area (Å²) in [6.07, 6.45) is -4.84. The number of likely N-dealkylation sites (tertiary alicyclic amines) is 2. The van der Waals surface area contributed by atoms with Crippen molar-refractivity contribution >= 4 is 33.4 Å². The molecule has 52 heavy (non-hydrogen) atoms. The summed E-state index contributed by atoms with van der Waals surface area (Å²) in [7, 11) is 0. The number of fused-ring (bicyclic) bond motifs is 2. The van der Waals surface area contributed by atoms with Crippen molar-refractivity contribution < 1.29 is 41.0 Å². The van der Waals surface area contributed by atoms with Crippen molar-refractivity contribution in [1.29, 1.82) is 0 Å². The molecule has 0 bridgehead atoms. The van der Waals surface area contributed by atoms with Gasteiger partial charge in [0.05, 0.1) is 12.2 Å². The summed E-state index contributed by atoms with van der Waals surface area (Å²) in [4.78, 5) is 34.1. The second kappa shape index (κ2) is 13.6. The van der Waals surface area contributed by atoms with Crippen LogP contribution in [-0.2, 0) is 22.6 Å². The molecule has 276 valence electrons. The fraction of sp³-hybridized carbons (Fsp3) is 0.462. The van der Waals surface area contributed by atoms with Gasteiger partial charge in [0.25, 0.3) is 0 Å². The number of halogens is 6. The van der Waals surface area contributed by atoms with Gasteiger partial charge >= 0.3 is 18.3 Å². The zero-order valence-electron chi connectivity index (χ0n) is 28.5. The summed E-state index contributed by atoms with van der Waals surface area (Å²) >= 11 is 0. The Morgan fingerprint density at radius 2 is 1.44 bits per heavy atom. The van der Waals surface area contributed by atoms with Crippen LogP contribution in [0.2, 0.25) is 0 Å². The number of rotatable bonds is 9. The van der Waals surface area contributed by atoms with E-state index < -0.39 is 68.2 Å². The van der Waals surface area contributed by atoms with Crippen molar-refractivity contribution in [2.45, 2.75) is 69.9 Å². The van der Waals surface area contributed by atoms with Gasteiger partial charge in [-0.3, -0.25) is 19.6 Å². The Kier molecular flexibility index (Phi) is 9.48. The van der Waals surface area contributed by atoms with Crippen molar-refractivity contribution in [2.24, 2.45) is 10.8 Å². The van der Waals surface area contributed by atoms with Crippen LogP contribution in [0.15, 0.2) is 66.9 Å². The highest BCUT2D eigenvalue weighted by atomic mass is 19.4. The predicted octanol–water partition coefficient (Wildman–Crippen LogP) is 7.75.